The Hall–Kier alpha value is -3.27. The van der Waals surface area contributed by atoms with Crippen LogP contribution in [-0.2, 0) is 0 Å². The van der Waals surface area contributed by atoms with Crippen LogP contribution in [0.4, 0.5) is 0 Å². The Morgan fingerprint density at radius 2 is 1.62 bits per heavy atom. The zero-order valence-electron chi connectivity index (χ0n) is 13.2. The zero-order valence-corrected chi connectivity index (χ0v) is 13.2. The molecule has 2 heterocycles. The van der Waals surface area contributed by atoms with Crippen LogP contribution in [0.25, 0.3) is 28.1 Å². The predicted octanol–water partition coefficient (Wildman–Crippen LogP) is 3.76. The van der Waals surface area contributed by atoms with Crippen molar-refractivity contribution in [2.75, 3.05) is 0 Å². The maximum Gasteiger partial charge on any atom is 0.266 e. The number of fused-ring (bicyclic) bond motifs is 1. The average molecular weight is 313 g/mol. The number of rotatable bonds is 2. The standard InChI is InChI=1S/C20H15N3O/c1-14-8-7-13-21-18(14)19-22-17-12-6-5-11-16(17)20(24)23(19)15-9-3-2-4-10-15/h2-13H,1H3. The van der Waals surface area contributed by atoms with Crippen molar-refractivity contribution < 1.29 is 0 Å². The van der Waals surface area contributed by atoms with E-state index in [0.29, 0.717) is 22.4 Å². The molecule has 0 fully saturated rings. The Morgan fingerprint density at radius 3 is 2.42 bits per heavy atom. The van der Waals surface area contributed by atoms with Gasteiger partial charge in [-0.25, -0.2) is 4.98 Å². The van der Waals surface area contributed by atoms with Crippen molar-refractivity contribution in [1.29, 1.82) is 0 Å². The van der Waals surface area contributed by atoms with Gasteiger partial charge in [0, 0.05) is 6.20 Å². The minimum Gasteiger partial charge on any atom is -0.268 e. The lowest BCUT2D eigenvalue weighted by molar-refractivity contribution is 0.961. The maximum absolute atomic E-state index is 13.1. The topological polar surface area (TPSA) is 47.8 Å². The number of aryl methyl sites for hydroxylation is 1. The molecule has 4 nitrogen and oxygen atoms in total. The third-order valence-corrected chi connectivity index (χ3v) is 4.01. The number of aromatic nitrogens is 3. The highest BCUT2D eigenvalue weighted by Gasteiger charge is 2.16. The third kappa shape index (κ3) is 2.29. The number of hydrogen-bond acceptors (Lipinski definition) is 3. The first-order valence-electron chi connectivity index (χ1n) is 7.75. The van der Waals surface area contributed by atoms with Gasteiger partial charge in [-0.05, 0) is 42.8 Å². The van der Waals surface area contributed by atoms with Crippen molar-refractivity contribution in [2.45, 2.75) is 6.92 Å². The molecule has 0 atom stereocenters. The van der Waals surface area contributed by atoms with Gasteiger partial charge in [0.25, 0.3) is 5.56 Å². The molecule has 0 unspecified atom stereocenters. The summed E-state index contributed by atoms with van der Waals surface area (Å²) in [5.41, 5.74) is 3.05. The molecule has 116 valence electrons. The van der Waals surface area contributed by atoms with Gasteiger partial charge in [-0.2, -0.15) is 0 Å². The van der Waals surface area contributed by atoms with Gasteiger partial charge in [0.1, 0.15) is 5.69 Å². The molecule has 24 heavy (non-hydrogen) atoms. The largest absolute Gasteiger partial charge is 0.268 e. The summed E-state index contributed by atoms with van der Waals surface area (Å²) in [6, 6.07) is 20.8. The highest BCUT2D eigenvalue weighted by atomic mass is 16.1. The highest BCUT2D eigenvalue weighted by Crippen LogP contribution is 2.22. The molecule has 0 radical (unpaired) electrons. The van der Waals surface area contributed by atoms with Gasteiger partial charge in [-0.1, -0.05) is 36.4 Å². The van der Waals surface area contributed by atoms with Gasteiger partial charge in [-0.15, -0.1) is 0 Å². The van der Waals surface area contributed by atoms with Crippen molar-refractivity contribution in [2.24, 2.45) is 0 Å². The number of para-hydroxylation sites is 2. The van der Waals surface area contributed by atoms with Gasteiger partial charge in [0.15, 0.2) is 5.82 Å². The van der Waals surface area contributed by atoms with Crippen LogP contribution in [-0.4, -0.2) is 14.5 Å². The molecule has 4 rings (SSSR count). The monoisotopic (exact) mass is 313 g/mol. The van der Waals surface area contributed by atoms with Gasteiger partial charge >= 0.3 is 0 Å². The molecule has 4 heteroatoms. The predicted molar refractivity (Wildman–Crippen MR) is 95.3 cm³/mol. The van der Waals surface area contributed by atoms with Crippen LogP contribution in [0, 0.1) is 6.92 Å². The molecule has 0 aliphatic heterocycles. The van der Waals surface area contributed by atoms with Crippen LogP contribution in [0.5, 0.6) is 0 Å². The quantitative estimate of drug-likeness (QED) is 0.566. The van der Waals surface area contributed by atoms with Crippen molar-refractivity contribution >= 4 is 10.9 Å². The van der Waals surface area contributed by atoms with Gasteiger partial charge in [-0.3, -0.25) is 14.3 Å². The fraction of sp³-hybridized carbons (Fsp3) is 0.0500. The maximum atomic E-state index is 13.1. The van der Waals surface area contributed by atoms with E-state index in [1.165, 1.54) is 0 Å². The molecule has 2 aromatic heterocycles. The lowest BCUT2D eigenvalue weighted by atomic mass is 10.1. The smallest absolute Gasteiger partial charge is 0.266 e. The lowest BCUT2D eigenvalue weighted by Gasteiger charge is -2.14. The molecule has 0 saturated heterocycles. The van der Waals surface area contributed by atoms with Gasteiger partial charge in [0.2, 0.25) is 0 Å². The highest BCUT2D eigenvalue weighted by molar-refractivity contribution is 5.80. The van der Waals surface area contributed by atoms with Crippen molar-refractivity contribution in [1.82, 2.24) is 14.5 Å². The summed E-state index contributed by atoms with van der Waals surface area (Å²) < 4.78 is 1.64. The number of nitrogens with zero attached hydrogens (tertiary/aromatic N) is 3. The molecule has 0 spiro atoms. The summed E-state index contributed by atoms with van der Waals surface area (Å²) in [5.74, 6) is 0.558. The molecule has 0 aliphatic rings. The van der Waals surface area contributed by atoms with Crippen LogP contribution in [0.3, 0.4) is 0 Å². The first-order chi connectivity index (χ1) is 11.8. The van der Waals surface area contributed by atoms with Crippen LogP contribution in [0.2, 0.25) is 0 Å². The fourth-order valence-corrected chi connectivity index (χ4v) is 2.83. The first kappa shape index (κ1) is 14.3. The van der Waals surface area contributed by atoms with Crippen molar-refractivity contribution in [3.8, 4) is 17.2 Å². The summed E-state index contributed by atoms with van der Waals surface area (Å²) in [6.07, 6.45) is 1.72. The van der Waals surface area contributed by atoms with Crippen LogP contribution >= 0.6 is 0 Å². The molecule has 0 amide bonds. The summed E-state index contributed by atoms with van der Waals surface area (Å²) >= 11 is 0. The number of pyridine rings is 1. The van der Waals surface area contributed by atoms with Gasteiger partial charge < -0.3 is 0 Å². The lowest BCUT2D eigenvalue weighted by Crippen LogP contribution is -2.22. The summed E-state index contributed by atoms with van der Waals surface area (Å²) in [6.45, 7) is 1.97. The SMILES string of the molecule is Cc1cccnc1-c1nc2ccccc2c(=O)n1-c1ccccc1. The van der Waals surface area contributed by atoms with Crippen molar-refractivity contribution in [3.63, 3.8) is 0 Å². The minimum atomic E-state index is -0.0909. The normalized spacial score (nSPS) is 10.9. The second kappa shape index (κ2) is 5.74. The van der Waals surface area contributed by atoms with Gasteiger partial charge in [0.05, 0.1) is 16.6 Å². The van der Waals surface area contributed by atoms with Crippen LogP contribution < -0.4 is 5.56 Å². The molecule has 0 N–H and O–H groups in total. The molecule has 0 saturated carbocycles. The Bertz CT molecular complexity index is 1080. The van der Waals surface area contributed by atoms with Crippen LogP contribution in [0.15, 0.2) is 77.7 Å². The number of hydrogen-bond donors (Lipinski definition) is 0. The van der Waals surface area contributed by atoms with E-state index < -0.39 is 0 Å². The molecule has 2 aromatic carbocycles. The Morgan fingerprint density at radius 1 is 0.875 bits per heavy atom. The van der Waals surface area contributed by atoms with E-state index in [1.807, 2.05) is 67.6 Å². The van der Waals surface area contributed by atoms with E-state index >= 15 is 0 Å². The molecular weight excluding hydrogens is 298 g/mol. The summed E-state index contributed by atoms with van der Waals surface area (Å²) in [4.78, 5) is 22.3. The fourth-order valence-electron chi connectivity index (χ4n) is 2.83. The second-order valence-electron chi connectivity index (χ2n) is 5.60. The zero-order chi connectivity index (χ0) is 16.5. The molecule has 0 bridgehead atoms. The summed E-state index contributed by atoms with van der Waals surface area (Å²) in [5, 5.41) is 0.596. The van der Waals surface area contributed by atoms with E-state index in [2.05, 4.69) is 4.98 Å². The molecular formula is C20H15N3O. The molecule has 0 aliphatic carbocycles. The van der Waals surface area contributed by atoms with E-state index in [0.717, 1.165) is 11.3 Å². The summed E-state index contributed by atoms with van der Waals surface area (Å²) in [7, 11) is 0. The Kier molecular flexibility index (Phi) is 3.43. The Balaban J connectivity index is 2.16. The van der Waals surface area contributed by atoms with E-state index in [1.54, 1.807) is 16.8 Å². The average Bonchev–Trinajstić information content (AvgIpc) is 2.63. The van der Waals surface area contributed by atoms with E-state index in [9.17, 15) is 4.79 Å². The van der Waals surface area contributed by atoms with Crippen molar-refractivity contribution in [3.05, 3.63) is 88.8 Å². The van der Waals surface area contributed by atoms with Crippen LogP contribution in [0.1, 0.15) is 5.56 Å². The first-order valence-corrected chi connectivity index (χ1v) is 7.75. The third-order valence-electron chi connectivity index (χ3n) is 4.01. The van der Waals surface area contributed by atoms with E-state index in [-0.39, 0.29) is 5.56 Å². The molecule has 4 aromatic rings. The Labute approximate surface area is 139 Å². The minimum absolute atomic E-state index is 0.0909. The second-order valence-corrected chi connectivity index (χ2v) is 5.60. The number of benzene rings is 2. The van der Waals surface area contributed by atoms with E-state index in [4.69, 9.17) is 4.98 Å².